The lowest BCUT2D eigenvalue weighted by atomic mass is 9.95. The molecule has 2 saturated heterocycles. The molecule has 1 aromatic heterocycles. The van der Waals surface area contributed by atoms with Gasteiger partial charge < -0.3 is 15.4 Å². The van der Waals surface area contributed by atoms with E-state index in [1.54, 1.807) is 0 Å². The van der Waals surface area contributed by atoms with Crippen LogP contribution in [-0.4, -0.2) is 47.0 Å². The average Bonchev–Trinajstić information content (AvgIpc) is 2.91. The molecular weight excluding hydrogens is 254 g/mol. The maximum absolute atomic E-state index is 6.13. The summed E-state index contributed by atoms with van der Waals surface area (Å²) in [5.41, 5.74) is 6.13. The van der Waals surface area contributed by atoms with Crippen LogP contribution in [0.15, 0.2) is 0 Å². The number of hydrogen-bond acceptors (Lipinski definition) is 5. The smallest absolute Gasteiger partial charge is 0.244 e. The number of nitrogens with zero attached hydrogens (tertiary/aromatic N) is 3. The second-order valence-corrected chi connectivity index (χ2v) is 6.15. The lowest BCUT2D eigenvalue weighted by Crippen LogP contribution is -2.48. The van der Waals surface area contributed by atoms with Crippen LogP contribution in [0.25, 0.3) is 0 Å². The van der Waals surface area contributed by atoms with Crippen LogP contribution in [0.5, 0.6) is 0 Å². The molecule has 2 aliphatic heterocycles. The fourth-order valence-electron chi connectivity index (χ4n) is 2.98. The van der Waals surface area contributed by atoms with E-state index >= 15 is 0 Å². The first kappa shape index (κ1) is 13.8. The first-order valence-corrected chi connectivity index (χ1v) is 7.76. The molecule has 2 fully saturated rings. The van der Waals surface area contributed by atoms with Crippen LogP contribution in [0.4, 0.5) is 5.95 Å². The predicted octanol–water partition coefficient (Wildman–Crippen LogP) is 1.09. The van der Waals surface area contributed by atoms with Crippen LogP contribution in [0.2, 0.25) is 0 Å². The summed E-state index contributed by atoms with van der Waals surface area (Å²) in [5.74, 6) is 2.30. The van der Waals surface area contributed by atoms with Crippen molar-refractivity contribution in [2.45, 2.75) is 51.2 Å². The highest BCUT2D eigenvalue weighted by Gasteiger charge is 2.25. The topological polar surface area (TPSA) is 80.1 Å². The molecule has 3 rings (SSSR count). The van der Waals surface area contributed by atoms with Gasteiger partial charge in [0.2, 0.25) is 5.95 Å². The van der Waals surface area contributed by atoms with Gasteiger partial charge in [-0.25, -0.2) is 0 Å². The summed E-state index contributed by atoms with van der Waals surface area (Å²) in [6, 6.07) is 0.215. The summed E-state index contributed by atoms with van der Waals surface area (Å²) in [4.78, 5) is 6.80. The van der Waals surface area contributed by atoms with Crippen LogP contribution in [-0.2, 0) is 11.2 Å². The van der Waals surface area contributed by atoms with Crippen molar-refractivity contribution in [3.63, 3.8) is 0 Å². The Morgan fingerprint density at radius 3 is 3.05 bits per heavy atom. The number of rotatable bonds is 3. The van der Waals surface area contributed by atoms with Crippen molar-refractivity contribution in [2.24, 2.45) is 11.7 Å². The van der Waals surface area contributed by atoms with Crippen LogP contribution < -0.4 is 10.6 Å². The largest absolute Gasteiger partial charge is 0.378 e. The molecular formula is C14H25N5O. The van der Waals surface area contributed by atoms with Gasteiger partial charge in [0.25, 0.3) is 0 Å². The second kappa shape index (κ2) is 6.10. The summed E-state index contributed by atoms with van der Waals surface area (Å²) < 4.78 is 5.75. The minimum Gasteiger partial charge on any atom is -0.378 e. The van der Waals surface area contributed by atoms with E-state index in [1.165, 1.54) is 12.8 Å². The molecule has 0 bridgehead atoms. The zero-order valence-electron chi connectivity index (χ0n) is 12.2. The third-order valence-electron chi connectivity index (χ3n) is 4.51. The molecule has 0 radical (unpaired) electrons. The van der Waals surface area contributed by atoms with Crippen molar-refractivity contribution >= 4 is 5.95 Å². The van der Waals surface area contributed by atoms with E-state index in [4.69, 9.17) is 10.5 Å². The summed E-state index contributed by atoms with van der Waals surface area (Å²) in [6.45, 7) is 4.93. The molecule has 0 spiro atoms. The number of H-pyrrole nitrogens is 1. The van der Waals surface area contributed by atoms with Crippen molar-refractivity contribution in [3.8, 4) is 0 Å². The van der Waals surface area contributed by atoms with Gasteiger partial charge in [0.1, 0.15) is 5.82 Å². The van der Waals surface area contributed by atoms with Crippen molar-refractivity contribution in [2.75, 3.05) is 24.6 Å². The zero-order chi connectivity index (χ0) is 13.9. The molecule has 0 amide bonds. The van der Waals surface area contributed by atoms with Gasteiger partial charge in [0.15, 0.2) is 0 Å². The summed E-state index contributed by atoms with van der Waals surface area (Å²) >= 11 is 0. The van der Waals surface area contributed by atoms with E-state index in [9.17, 15) is 0 Å². The number of piperidine rings is 1. The molecule has 0 aliphatic carbocycles. The molecule has 6 nitrogen and oxygen atoms in total. The van der Waals surface area contributed by atoms with E-state index in [-0.39, 0.29) is 6.04 Å². The van der Waals surface area contributed by atoms with E-state index in [0.29, 0.717) is 12.0 Å². The van der Waals surface area contributed by atoms with Crippen LogP contribution >= 0.6 is 0 Å². The molecule has 112 valence electrons. The summed E-state index contributed by atoms with van der Waals surface area (Å²) in [6.07, 6.45) is 5.81. The van der Waals surface area contributed by atoms with Gasteiger partial charge in [-0.05, 0) is 31.6 Å². The number of ether oxygens (including phenoxy) is 1. The van der Waals surface area contributed by atoms with Crippen molar-refractivity contribution in [1.29, 1.82) is 0 Å². The Hall–Kier alpha value is -1.14. The van der Waals surface area contributed by atoms with Crippen molar-refractivity contribution in [1.82, 2.24) is 15.2 Å². The van der Waals surface area contributed by atoms with Gasteiger partial charge in [-0.1, -0.05) is 6.92 Å². The first-order chi connectivity index (χ1) is 9.72. The highest BCUT2D eigenvalue weighted by Crippen LogP contribution is 2.20. The molecule has 0 saturated carbocycles. The monoisotopic (exact) mass is 279 g/mol. The fourth-order valence-corrected chi connectivity index (χ4v) is 2.98. The zero-order valence-corrected chi connectivity index (χ0v) is 12.2. The number of nitrogens with two attached hydrogens (primary N) is 1. The lowest BCUT2D eigenvalue weighted by Gasteiger charge is -2.34. The summed E-state index contributed by atoms with van der Waals surface area (Å²) in [5, 5.41) is 7.40. The Kier molecular flexibility index (Phi) is 4.21. The van der Waals surface area contributed by atoms with Gasteiger partial charge >= 0.3 is 0 Å². The minimum absolute atomic E-state index is 0.215. The molecule has 1 aromatic rings. The fraction of sp³-hybridized carbons (Fsp3) is 0.857. The number of aromatic amines is 1. The Bertz CT molecular complexity index is 429. The van der Waals surface area contributed by atoms with Crippen LogP contribution in [0, 0.1) is 5.92 Å². The lowest BCUT2D eigenvalue weighted by molar-refractivity contribution is 0.0157. The van der Waals surface area contributed by atoms with Gasteiger partial charge in [0, 0.05) is 32.2 Å². The highest BCUT2D eigenvalue weighted by atomic mass is 16.5. The van der Waals surface area contributed by atoms with E-state index in [0.717, 1.165) is 50.7 Å². The van der Waals surface area contributed by atoms with Crippen molar-refractivity contribution in [3.05, 3.63) is 5.82 Å². The maximum Gasteiger partial charge on any atom is 0.244 e. The van der Waals surface area contributed by atoms with Crippen LogP contribution in [0.1, 0.15) is 38.4 Å². The molecule has 6 heteroatoms. The Labute approximate surface area is 120 Å². The van der Waals surface area contributed by atoms with Crippen LogP contribution in [0.3, 0.4) is 0 Å². The highest BCUT2D eigenvalue weighted by molar-refractivity contribution is 5.30. The minimum atomic E-state index is 0.215. The average molecular weight is 279 g/mol. The van der Waals surface area contributed by atoms with E-state index in [2.05, 4.69) is 27.0 Å². The molecule has 3 heterocycles. The molecule has 20 heavy (non-hydrogen) atoms. The van der Waals surface area contributed by atoms with Gasteiger partial charge in [0.05, 0.1) is 6.10 Å². The SMILES string of the molecule is CC1CCN(c2n[nH]c(CC3CCCCO3)n2)CC1N. The Balaban J connectivity index is 1.58. The predicted molar refractivity (Wildman–Crippen MR) is 77.6 cm³/mol. The third-order valence-corrected chi connectivity index (χ3v) is 4.51. The van der Waals surface area contributed by atoms with Gasteiger partial charge in [-0.3, -0.25) is 5.10 Å². The number of aromatic nitrogens is 3. The van der Waals surface area contributed by atoms with E-state index < -0.39 is 0 Å². The second-order valence-electron chi connectivity index (χ2n) is 6.15. The Morgan fingerprint density at radius 1 is 1.40 bits per heavy atom. The molecule has 2 aliphatic rings. The summed E-state index contributed by atoms with van der Waals surface area (Å²) in [7, 11) is 0. The molecule has 3 atom stereocenters. The number of anilines is 1. The normalized spacial score (nSPS) is 31.5. The third kappa shape index (κ3) is 3.12. The van der Waals surface area contributed by atoms with Gasteiger partial charge in [-0.15, -0.1) is 5.10 Å². The molecule has 0 aromatic carbocycles. The van der Waals surface area contributed by atoms with E-state index in [1.807, 2.05) is 0 Å². The van der Waals surface area contributed by atoms with Crippen molar-refractivity contribution < 1.29 is 4.74 Å². The standard InChI is InChI=1S/C14H25N5O/c1-10-5-6-19(9-12(10)15)14-16-13(17-18-14)8-11-4-2-3-7-20-11/h10-12H,2-9,15H2,1H3,(H,16,17,18). The number of nitrogens with one attached hydrogen (secondary N) is 1. The molecule has 3 unspecified atom stereocenters. The maximum atomic E-state index is 6.13. The first-order valence-electron chi connectivity index (χ1n) is 7.76. The number of hydrogen-bond donors (Lipinski definition) is 2. The quantitative estimate of drug-likeness (QED) is 0.865. The molecule has 3 N–H and O–H groups in total. The Morgan fingerprint density at radius 2 is 2.30 bits per heavy atom. The van der Waals surface area contributed by atoms with Gasteiger partial charge in [-0.2, -0.15) is 4.98 Å².